The molecule has 1 aromatic heterocycles. The third-order valence-corrected chi connectivity index (χ3v) is 2.95. The third-order valence-electron chi connectivity index (χ3n) is 2.95. The van der Waals surface area contributed by atoms with E-state index in [4.69, 9.17) is 4.74 Å². The van der Waals surface area contributed by atoms with Crippen molar-refractivity contribution in [2.24, 2.45) is 5.92 Å². The molecule has 6 heteroatoms. The summed E-state index contributed by atoms with van der Waals surface area (Å²) in [5, 5.41) is 3.14. The molecule has 0 spiro atoms. The van der Waals surface area contributed by atoms with Crippen molar-refractivity contribution in [3.8, 4) is 0 Å². The monoisotopic (exact) mass is 254 g/mol. The summed E-state index contributed by atoms with van der Waals surface area (Å²) in [6, 6.07) is 0. The van der Waals surface area contributed by atoms with E-state index in [0.29, 0.717) is 17.7 Å². The predicted octanol–water partition coefficient (Wildman–Crippen LogP) is 1.52. The minimum absolute atomic E-state index is 0.299. The second-order valence-corrected chi connectivity index (χ2v) is 4.72. The molecule has 1 saturated heterocycles. The molecule has 0 aromatic carbocycles. The molecule has 1 fully saturated rings. The molecule has 0 aliphatic carbocycles. The molecule has 1 N–H and O–H groups in total. The first-order chi connectivity index (χ1) is 8.66. The first-order valence-electron chi connectivity index (χ1n) is 6.18. The Balaban J connectivity index is 1.94. The number of aromatic nitrogens is 2. The molecule has 0 bridgehead atoms. The molecule has 0 radical (unpaired) electrons. The van der Waals surface area contributed by atoms with Crippen LogP contribution in [0, 0.1) is 11.7 Å². The summed E-state index contributed by atoms with van der Waals surface area (Å²) in [6.07, 6.45) is 3.44. The summed E-state index contributed by atoms with van der Waals surface area (Å²) in [4.78, 5) is 9.72. The van der Waals surface area contributed by atoms with Gasteiger partial charge in [-0.15, -0.1) is 0 Å². The van der Waals surface area contributed by atoms with Crippen LogP contribution in [0.5, 0.6) is 0 Å². The van der Waals surface area contributed by atoms with Gasteiger partial charge < -0.3 is 15.0 Å². The third kappa shape index (κ3) is 3.29. The van der Waals surface area contributed by atoms with Gasteiger partial charge in [-0.1, -0.05) is 0 Å². The molecule has 0 amide bonds. The Kier molecular flexibility index (Phi) is 4.30. The van der Waals surface area contributed by atoms with Gasteiger partial charge in [-0.25, -0.2) is 9.37 Å². The zero-order valence-electron chi connectivity index (χ0n) is 10.8. The fourth-order valence-electron chi connectivity index (χ4n) is 1.96. The molecule has 100 valence electrons. The molecular formula is C12H19FN4O. The predicted molar refractivity (Wildman–Crippen MR) is 68.3 cm³/mol. The number of nitrogens with zero attached hydrogens (tertiary/aromatic N) is 3. The smallest absolute Gasteiger partial charge is 0.224 e. The lowest BCUT2D eigenvalue weighted by Gasteiger charge is -2.22. The second kappa shape index (κ2) is 5.95. The molecule has 18 heavy (non-hydrogen) atoms. The number of anilines is 2. The van der Waals surface area contributed by atoms with Crippen LogP contribution in [-0.2, 0) is 4.74 Å². The van der Waals surface area contributed by atoms with Gasteiger partial charge in [0.05, 0.1) is 12.8 Å². The van der Waals surface area contributed by atoms with E-state index in [9.17, 15) is 4.39 Å². The molecule has 1 aliphatic rings. The van der Waals surface area contributed by atoms with Gasteiger partial charge in [-0.05, 0) is 18.8 Å². The average Bonchev–Trinajstić information content (AvgIpc) is 2.38. The Labute approximate surface area is 106 Å². The van der Waals surface area contributed by atoms with Gasteiger partial charge in [0.25, 0.3) is 0 Å². The first kappa shape index (κ1) is 13.0. The van der Waals surface area contributed by atoms with Crippen molar-refractivity contribution in [2.45, 2.75) is 12.8 Å². The Morgan fingerprint density at radius 1 is 1.56 bits per heavy atom. The maximum atomic E-state index is 13.4. The number of hydrogen-bond donors (Lipinski definition) is 1. The van der Waals surface area contributed by atoms with Crippen molar-refractivity contribution in [3.05, 3.63) is 12.0 Å². The fourth-order valence-corrected chi connectivity index (χ4v) is 1.96. The number of nitrogens with one attached hydrogen (secondary N) is 1. The lowest BCUT2D eigenvalue weighted by atomic mass is 10.0. The molecule has 2 rings (SSSR count). The maximum Gasteiger partial charge on any atom is 0.224 e. The summed E-state index contributed by atoms with van der Waals surface area (Å²) < 4.78 is 18.8. The second-order valence-electron chi connectivity index (χ2n) is 4.72. The van der Waals surface area contributed by atoms with Crippen LogP contribution in [0.3, 0.4) is 0 Å². The zero-order valence-corrected chi connectivity index (χ0v) is 10.8. The van der Waals surface area contributed by atoms with E-state index < -0.39 is 5.82 Å². The lowest BCUT2D eigenvalue weighted by molar-refractivity contribution is 0.0594. The van der Waals surface area contributed by atoms with Gasteiger partial charge in [0.2, 0.25) is 5.95 Å². The van der Waals surface area contributed by atoms with Crippen molar-refractivity contribution in [1.82, 2.24) is 9.97 Å². The van der Waals surface area contributed by atoms with E-state index in [1.807, 2.05) is 0 Å². The molecule has 0 saturated carbocycles. The minimum atomic E-state index is -0.411. The van der Waals surface area contributed by atoms with Gasteiger partial charge in [-0.2, -0.15) is 4.98 Å². The van der Waals surface area contributed by atoms with Crippen LogP contribution in [0.1, 0.15) is 12.8 Å². The number of ether oxygens (including phenoxy) is 1. The van der Waals surface area contributed by atoms with Crippen LogP contribution in [-0.4, -0.2) is 43.8 Å². The van der Waals surface area contributed by atoms with Gasteiger partial charge in [0.1, 0.15) is 0 Å². The highest BCUT2D eigenvalue weighted by molar-refractivity contribution is 5.42. The molecule has 5 nitrogen and oxygen atoms in total. The van der Waals surface area contributed by atoms with Crippen molar-refractivity contribution >= 4 is 11.8 Å². The van der Waals surface area contributed by atoms with Gasteiger partial charge >= 0.3 is 0 Å². The SMILES string of the molecule is CN(C)c1nc(NCC2CCCOC2)ncc1F. The number of rotatable bonds is 4. The highest BCUT2D eigenvalue weighted by Gasteiger charge is 2.14. The van der Waals surface area contributed by atoms with Crippen LogP contribution in [0.4, 0.5) is 16.2 Å². The largest absolute Gasteiger partial charge is 0.381 e. The van der Waals surface area contributed by atoms with E-state index in [-0.39, 0.29) is 0 Å². The first-order valence-corrected chi connectivity index (χ1v) is 6.18. The quantitative estimate of drug-likeness (QED) is 0.883. The Bertz CT molecular complexity index is 394. The molecule has 1 aliphatic heterocycles. The standard InChI is InChI=1S/C12H19FN4O/c1-17(2)11-10(13)7-15-12(16-11)14-6-9-4-3-5-18-8-9/h7,9H,3-6,8H2,1-2H3,(H,14,15,16). The zero-order chi connectivity index (χ0) is 13.0. The van der Waals surface area contributed by atoms with Gasteiger partial charge in [-0.3, -0.25) is 0 Å². The number of hydrogen-bond acceptors (Lipinski definition) is 5. The normalized spacial score (nSPS) is 19.6. The van der Waals surface area contributed by atoms with Crippen molar-refractivity contribution in [2.75, 3.05) is 44.1 Å². The summed E-state index contributed by atoms with van der Waals surface area (Å²) in [5.41, 5.74) is 0. The summed E-state index contributed by atoms with van der Waals surface area (Å²) in [5.74, 6) is 0.833. The minimum Gasteiger partial charge on any atom is -0.381 e. The molecular weight excluding hydrogens is 235 g/mol. The van der Waals surface area contributed by atoms with E-state index in [2.05, 4.69) is 15.3 Å². The van der Waals surface area contributed by atoms with Crippen molar-refractivity contribution in [1.29, 1.82) is 0 Å². The lowest BCUT2D eigenvalue weighted by Crippen LogP contribution is -2.25. The summed E-state index contributed by atoms with van der Waals surface area (Å²) in [7, 11) is 3.51. The molecule has 1 atom stereocenters. The molecule has 1 unspecified atom stereocenters. The summed E-state index contributed by atoms with van der Waals surface area (Å²) >= 11 is 0. The van der Waals surface area contributed by atoms with Crippen molar-refractivity contribution in [3.63, 3.8) is 0 Å². The summed E-state index contributed by atoms with van der Waals surface area (Å²) in [6.45, 7) is 2.39. The average molecular weight is 254 g/mol. The highest BCUT2D eigenvalue weighted by atomic mass is 19.1. The topological polar surface area (TPSA) is 50.3 Å². The van der Waals surface area contributed by atoms with Crippen LogP contribution >= 0.6 is 0 Å². The van der Waals surface area contributed by atoms with Crippen molar-refractivity contribution < 1.29 is 9.13 Å². The van der Waals surface area contributed by atoms with Crippen LogP contribution in [0.2, 0.25) is 0 Å². The van der Waals surface area contributed by atoms with E-state index in [1.54, 1.807) is 19.0 Å². The maximum absolute atomic E-state index is 13.4. The Hall–Kier alpha value is -1.43. The van der Waals surface area contributed by atoms with Gasteiger partial charge in [0, 0.05) is 27.2 Å². The van der Waals surface area contributed by atoms with E-state index >= 15 is 0 Å². The van der Waals surface area contributed by atoms with Gasteiger partial charge in [0.15, 0.2) is 11.6 Å². The Morgan fingerprint density at radius 2 is 2.39 bits per heavy atom. The number of halogens is 1. The fraction of sp³-hybridized carbons (Fsp3) is 0.667. The van der Waals surface area contributed by atoms with E-state index in [1.165, 1.54) is 6.20 Å². The van der Waals surface area contributed by atoms with Crippen LogP contribution in [0.25, 0.3) is 0 Å². The molecule has 2 heterocycles. The van der Waals surface area contributed by atoms with Crippen LogP contribution in [0.15, 0.2) is 6.20 Å². The molecule has 1 aromatic rings. The van der Waals surface area contributed by atoms with E-state index in [0.717, 1.165) is 32.6 Å². The van der Waals surface area contributed by atoms with Crippen LogP contribution < -0.4 is 10.2 Å². The Morgan fingerprint density at radius 3 is 3.06 bits per heavy atom. The highest BCUT2D eigenvalue weighted by Crippen LogP contribution is 2.16.